The van der Waals surface area contributed by atoms with E-state index < -0.39 is 0 Å². The summed E-state index contributed by atoms with van der Waals surface area (Å²) in [4.78, 5) is 23.9. The number of hydrogen-bond acceptors (Lipinski definition) is 3. The van der Waals surface area contributed by atoms with E-state index in [0.29, 0.717) is 23.4 Å². The van der Waals surface area contributed by atoms with Crippen LogP contribution in [0.5, 0.6) is 5.75 Å². The summed E-state index contributed by atoms with van der Waals surface area (Å²) in [6, 6.07) is 16.0. The van der Waals surface area contributed by atoms with Gasteiger partial charge in [-0.05, 0) is 30.7 Å². The van der Waals surface area contributed by atoms with Crippen molar-refractivity contribution in [1.29, 1.82) is 0 Å². The molecular weight excluding hydrogens is 302 g/mol. The largest absolute Gasteiger partial charge is 0.484 e. The SMILES string of the molecule is CCCCCNC(=O)COc1ccc(C(=O)c2ccccc2)cc1. The topological polar surface area (TPSA) is 55.4 Å². The van der Waals surface area contributed by atoms with E-state index in [9.17, 15) is 9.59 Å². The first kappa shape index (κ1) is 17.7. The third-order valence-electron chi connectivity index (χ3n) is 3.62. The van der Waals surface area contributed by atoms with Crippen molar-refractivity contribution in [3.63, 3.8) is 0 Å². The highest BCUT2D eigenvalue weighted by molar-refractivity contribution is 6.08. The number of carbonyl (C=O) groups is 2. The molecule has 126 valence electrons. The molecule has 4 nitrogen and oxygen atoms in total. The van der Waals surface area contributed by atoms with Crippen molar-refractivity contribution in [2.75, 3.05) is 13.2 Å². The molecule has 0 aromatic heterocycles. The molecule has 0 saturated carbocycles. The molecular formula is C20H23NO3. The van der Waals surface area contributed by atoms with Crippen molar-refractivity contribution in [1.82, 2.24) is 5.32 Å². The van der Waals surface area contributed by atoms with Gasteiger partial charge < -0.3 is 10.1 Å². The van der Waals surface area contributed by atoms with Crippen LogP contribution < -0.4 is 10.1 Å². The zero-order chi connectivity index (χ0) is 17.2. The normalized spacial score (nSPS) is 10.2. The number of ether oxygens (including phenoxy) is 1. The van der Waals surface area contributed by atoms with Gasteiger partial charge in [0.15, 0.2) is 12.4 Å². The van der Waals surface area contributed by atoms with Crippen molar-refractivity contribution in [3.8, 4) is 5.75 Å². The maximum atomic E-state index is 12.3. The third kappa shape index (κ3) is 5.54. The number of rotatable bonds is 9. The van der Waals surface area contributed by atoms with Gasteiger partial charge in [0.1, 0.15) is 5.75 Å². The summed E-state index contributed by atoms with van der Waals surface area (Å²) in [6.07, 6.45) is 3.22. The van der Waals surface area contributed by atoms with E-state index in [1.807, 2.05) is 18.2 Å². The lowest BCUT2D eigenvalue weighted by molar-refractivity contribution is -0.123. The number of nitrogens with one attached hydrogen (secondary N) is 1. The summed E-state index contributed by atoms with van der Waals surface area (Å²) in [5.74, 6) is 0.412. The molecule has 0 aliphatic carbocycles. The van der Waals surface area contributed by atoms with Gasteiger partial charge in [-0.2, -0.15) is 0 Å². The van der Waals surface area contributed by atoms with Gasteiger partial charge in [-0.15, -0.1) is 0 Å². The highest BCUT2D eigenvalue weighted by atomic mass is 16.5. The Morgan fingerprint density at radius 2 is 1.58 bits per heavy atom. The highest BCUT2D eigenvalue weighted by Crippen LogP contribution is 2.15. The van der Waals surface area contributed by atoms with Crippen LogP contribution in [0.25, 0.3) is 0 Å². The zero-order valence-electron chi connectivity index (χ0n) is 14.0. The van der Waals surface area contributed by atoms with Crippen LogP contribution in [0.3, 0.4) is 0 Å². The van der Waals surface area contributed by atoms with Crippen molar-refractivity contribution >= 4 is 11.7 Å². The van der Waals surface area contributed by atoms with E-state index >= 15 is 0 Å². The minimum absolute atomic E-state index is 0.0158. The smallest absolute Gasteiger partial charge is 0.257 e. The first-order chi connectivity index (χ1) is 11.7. The van der Waals surface area contributed by atoms with Crippen LogP contribution in [-0.2, 0) is 4.79 Å². The van der Waals surface area contributed by atoms with Gasteiger partial charge in [0, 0.05) is 17.7 Å². The average molecular weight is 325 g/mol. The number of unbranched alkanes of at least 4 members (excludes halogenated alkanes) is 2. The van der Waals surface area contributed by atoms with Crippen molar-refractivity contribution < 1.29 is 14.3 Å². The minimum atomic E-state index is -0.129. The Hall–Kier alpha value is -2.62. The Labute approximate surface area is 142 Å². The van der Waals surface area contributed by atoms with Crippen LogP contribution >= 0.6 is 0 Å². The Morgan fingerprint density at radius 3 is 2.25 bits per heavy atom. The molecule has 0 bridgehead atoms. The summed E-state index contributed by atoms with van der Waals surface area (Å²) in [7, 11) is 0. The maximum Gasteiger partial charge on any atom is 0.257 e. The fraction of sp³-hybridized carbons (Fsp3) is 0.300. The number of hydrogen-bond donors (Lipinski definition) is 1. The molecule has 1 amide bonds. The first-order valence-corrected chi connectivity index (χ1v) is 8.30. The van der Waals surface area contributed by atoms with Gasteiger partial charge in [0.25, 0.3) is 5.91 Å². The summed E-state index contributed by atoms with van der Waals surface area (Å²) in [6.45, 7) is 2.79. The second kappa shape index (κ2) is 9.50. The van der Waals surface area contributed by atoms with Gasteiger partial charge in [-0.1, -0.05) is 50.1 Å². The van der Waals surface area contributed by atoms with Gasteiger partial charge in [-0.3, -0.25) is 9.59 Å². The summed E-state index contributed by atoms with van der Waals surface area (Å²) >= 11 is 0. The average Bonchev–Trinajstić information content (AvgIpc) is 2.64. The van der Waals surface area contributed by atoms with Crippen LogP contribution in [0.15, 0.2) is 54.6 Å². The number of carbonyl (C=O) groups excluding carboxylic acids is 2. The van der Waals surface area contributed by atoms with E-state index in [4.69, 9.17) is 4.74 Å². The fourth-order valence-corrected chi connectivity index (χ4v) is 2.26. The maximum absolute atomic E-state index is 12.3. The second-order valence-corrected chi connectivity index (χ2v) is 5.57. The monoisotopic (exact) mass is 325 g/mol. The lowest BCUT2D eigenvalue weighted by Crippen LogP contribution is -2.29. The molecule has 0 saturated heterocycles. The predicted octanol–water partition coefficient (Wildman–Crippen LogP) is 3.60. The minimum Gasteiger partial charge on any atom is -0.484 e. The molecule has 2 aromatic carbocycles. The lowest BCUT2D eigenvalue weighted by atomic mass is 10.0. The van der Waals surface area contributed by atoms with Gasteiger partial charge in [0.05, 0.1) is 0 Å². The number of amides is 1. The predicted molar refractivity (Wildman–Crippen MR) is 94.3 cm³/mol. The van der Waals surface area contributed by atoms with E-state index in [1.165, 1.54) is 0 Å². The quantitative estimate of drug-likeness (QED) is 0.566. The summed E-state index contributed by atoms with van der Waals surface area (Å²) in [5, 5.41) is 2.82. The lowest BCUT2D eigenvalue weighted by Gasteiger charge is -2.08. The van der Waals surface area contributed by atoms with Crippen LogP contribution in [0.1, 0.15) is 42.1 Å². The third-order valence-corrected chi connectivity index (χ3v) is 3.62. The molecule has 0 fully saturated rings. The van der Waals surface area contributed by atoms with Gasteiger partial charge in [0.2, 0.25) is 0 Å². The van der Waals surface area contributed by atoms with E-state index in [-0.39, 0.29) is 18.3 Å². The van der Waals surface area contributed by atoms with E-state index in [2.05, 4.69) is 12.2 Å². The van der Waals surface area contributed by atoms with Crippen molar-refractivity contribution in [3.05, 3.63) is 65.7 Å². The molecule has 0 heterocycles. The fourth-order valence-electron chi connectivity index (χ4n) is 2.26. The molecule has 0 spiro atoms. The van der Waals surface area contributed by atoms with Gasteiger partial charge in [-0.25, -0.2) is 0 Å². The molecule has 0 atom stereocenters. The van der Waals surface area contributed by atoms with Crippen LogP contribution in [-0.4, -0.2) is 24.8 Å². The molecule has 1 N–H and O–H groups in total. The number of benzene rings is 2. The van der Waals surface area contributed by atoms with Crippen molar-refractivity contribution in [2.24, 2.45) is 0 Å². The summed E-state index contributed by atoms with van der Waals surface area (Å²) < 4.78 is 5.44. The van der Waals surface area contributed by atoms with Gasteiger partial charge >= 0.3 is 0 Å². The molecule has 2 aromatic rings. The molecule has 24 heavy (non-hydrogen) atoms. The van der Waals surface area contributed by atoms with Crippen molar-refractivity contribution in [2.45, 2.75) is 26.2 Å². The summed E-state index contributed by atoms with van der Waals surface area (Å²) in [5.41, 5.74) is 1.25. The molecule has 2 rings (SSSR count). The molecule has 0 unspecified atom stereocenters. The molecule has 0 aliphatic rings. The second-order valence-electron chi connectivity index (χ2n) is 5.57. The van der Waals surface area contributed by atoms with E-state index in [1.54, 1.807) is 36.4 Å². The van der Waals surface area contributed by atoms with Crippen LogP contribution in [0.4, 0.5) is 0 Å². The Balaban J connectivity index is 1.82. The molecule has 4 heteroatoms. The van der Waals surface area contributed by atoms with Crippen LogP contribution in [0.2, 0.25) is 0 Å². The first-order valence-electron chi connectivity index (χ1n) is 8.30. The highest BCUT2D eigenvalue weighted by Gasteiger charge is 2.08. The standard InChI is InChI=1S/C20H23NO3/c1-2-3-7-14-21-19(22)15-24-18-12-10-17(11-13-18)20(23)16-8-5-4-6-9-16/h4-6,8-13H,2-3,7,14-15H2,1H3,(H,21,22). The van der Waals surface area contributed by atoms with E-state index in [0.717, 1.165) is 19.3 Å². The van der Waals surface area contributed by atoms with Crippen LogP contribution in [0, 0.1) is 0 Å². The zero-order valence-corrected chi connectivity index (χ0v) is 14.0. The Kier molecular flexibility index (Phi) is 7.02. The number of ketones is 1. The Morgan fingerprint density at radius 1 is 0.917 bits per heavy atom. The molecule has 0 aliphatic heterocycles. The molecule has 0 radical (unpaired) electrons. The Bertz CT molecular complexity index is 650.